The number of oxime groups is 1. The topological polar surface area (TPSA) is 165 Å². The number of allylic oxidation sites excluding steroid dienone is 1. The van der Waals surface area contributed by atoms with Gasteiger partial charge < -0.3 is 38.9 Å². The highest BCUT2D eigenvalue weighted by Gasteiger charge is 2.65. The van der Waals surface area contributed by atoms with Crippen LogP contribution < -0.4 is 9.47 Å². The molecular formula is C44H58N4O10. The first-order valence-corrected chi connectivity index (χ1v) is 20.5. The van der Waals surface area contributed by atoms with Gasteiger partial charge in [-0.15, -0.1) is 13.2 Å². The predicted octanol–water partition coefficient (Wildman–Crippen LogP) is 6.77. The summed E-state index contributed by atoms with van der Waals surface area (Å²) in [6, 6.07) is 11.4. The highest BCUT2D eigenvalue weighted by atomic mass is 16.7. The van der Waals surface area contributed by atoms with Crippen molar-refractivity contribution in [2.24, 2.45) is 22.9 Å². The van der Waals surface area contributed by atoms with Crippen LogP contribution in [0.3, 0.4) is 0 Å². The minimum atomic E-state index is -1.41. The number of likely N-dealkylation sites (N-methyl/N-ethyl adjacent to an activating group) is 1. The lowest BCUT2D eigenvalue weighted by Gasteiger charge is -2.59. The van der Waals surface area contributed by atoms with E-state index in [0.717, 1.165) is 62.2 Å². The Hall–Kier alpha value is -4.76. The van der Waals surface area contributed by atoms with Gasteiger partial charge in [-0.05, 0) is 85.4 Å². The quantitative estimate of drug-likeness (QED) is 0.0401. The summed E-state index contributed by atoms with van der Waals surface area (Å²) in [5, 5.41) is 35.8. The molecule has 2 N–H and O–H groups in total. The van der Waals surface area contributed by atoms with Gasteiger partial charge in [-0.25, -0.2) is 4.79 Å². The maximum Gasteiger partial charge on any atom is 0.409 e. The van der Waals surface area contributed by atoms with Crippen molar-refractivity contribution in [3.05, 3.63) is 101 Å². The first kappa shape index (κ1) is 42.8. The number of nitrogens with zero attached hydrogens (tertiary/aromatic N) is 4. The van der Waals surface area contributed by atoms with Gasteiger partial charge in [0.15, 0.2) is 0 Å². The monoisotopic (exact) mass is 802 g/mol. The molecule has 1 saturated carbocycles. The number of benzene rings is 2. The third-order valence-electron chi connectivity index (χ3n) is 11.7. The standard InChI is InChI=1S/C44H58N4O10/c1-4-6-25-55-43(51)46(3)40-29-38(45-57-30-31-13-15-33(16-14-31)48(52)53)36-27-32(11-7-9-22-49)35(12-8-10-23-50)41-37-28-34(54-26-21-47-19-20-47)17-18-39(37)58-44(40,42(36)41)56-24-5-2/h4-5,13-18,27-28,32,35,40-42,49-50H,1-2,6-12,19-26,29-30H2,3H3/t32-,35+,40-,41+,42+,44+/m0/s1. The number of nitro benzene ring substituents is 1. The van der Waals surface area contributed by atoms with E-state index < -0.39 is 28.8 Å². The number of non-ortho nitro benzene ring substituents is 1. The lowest BCUT2D eigenvalue weighted by atomic mass is 9.55. The number of aliphatic hydroxyl groups is 2. The highest BCUT2D eigenvalue weighted by Crippen LogP contribution is 2.61. The molecule has 2 heterocycles. The molecule has 0 unspecified atom stereocenters. The van der Waals surface area contributed by atoms with E-state index in [2.05, 4.69) is 30.2 Å². The van der Waals surface area contributed by atoms with Crippen molar-refractivity contribution in [1.82, 2.24) is 9.80 Å². The average Bonchev–Trinajstić information content (AvgIpc) is 4.06. The van der Waals surface area contributed by atoms with Gasteiger partial charge in [0.05, 0.1) is 29.8 Å². The van der Waals surface area contributed by atoms with E-state index in [4.69, 9.17) is 28.9 Å². The fraction of sp³-hybridized carbons (Fsp3) is 0.545. The Morgan fingerprint density at radius 1 is 1.07 bits per heavy atom. The van der Waals surface area contributed by atoms with E-state index in [1.165, 1.54) is 17.0 Å². The summed E-state index contributed by atoms with van der Waals surface area (Å²) < 4.78 is 26.1. The molecule has 58 heavy (non-hydrogen) atoms. The third kappa shape index (κ3) is 9.91. The molecule has 2 aromatic carbocycles. The summed E-state index contributed by atoms with van der Waals surface area (Å²) in [5.41, 5.74) is 3.19. The van der Waals surface area contributed by atoms with Gasteiger partial charge in [-0.2, -0.15) is 0 Å². The third-order valence-corrected chi connectivity index (χ3v) is 11.7. The van der Waals surface area contributed by atoms with Crippen LogP contribution in [0.1, 0.15) is 68.4 Å². The lowest BCUT2D eigenvalue weighted by Crippen LogP contribution is -2.69. The van der Waals surface area contributed by atoms with Gasteiger partial charge in [0, 0.05) is 69.9 Å². The Morgan fingerprint density at radius 2 is 1.83 bits per heavy atom. The van der Waals surface area contributed by atoms with Gasteiger partial charge >= 0.3 is 6.09 Å². The van der Waals surface area contributed by atoms with Crippen molar-refractivity contribution in [2.75, 3.05) is 59.7 Å². The van der Waals surface area contributed by atoms with Gasteiger partial charge in [0.2, 0.25) is 5.79 Å². The Bertz CT molecular complexity index is 1800. The molecule has 6 rings (SSSR count). The van der Waals surface area contributed by atoms with Crippen molar-refractivity contribution < 1.29 is 43.7 Å². The minimum Gasteiger partial charge on any atom is -0.492 e. The molecule has 314 valence electrons. The summed E-state index contributed by atoms with van der Waals surface area (Å²) in [7, 11) is 1.68. The summed E-state index contributed by atoms with van der Waals surface area (Å²) in [6.45, 7) is 11.8. The van der Waals surface area contributed by atoms with E-state index in [1.807, 2.05) is 12.1 Å². The van der Waals surface area contributed by atoms with Crippen LogP contribution in [-0.4, -0.2) is 108 Å². The van der Waals surface area contributed by atoms with Gasteiger partial charge in [0.1, 0.15) is 30.8 Å². The molecule has 2 fully saturated rings. The number of rotatable bonds is 23. The molecule has 2 aromatic rings. The molecule has 0 aromatic heterocycles. The van der Waals surface area contributed by atoms with E-state index in [9.17, 15) is 25.1 Å². The number of fused-ring (bicyclic) bond motifs is 2. The summed E-state index contributed by atoms with van der Waals surface area (Å²) in [4.78, 5) is 34.6. The van der Waals surface area contributed by atoms with Crippen LogP contribution in [0.5, 0.6) is 11.5 Å². The summed E-state index contributed by atoms with van der Waals surface area (Å²) in [5.74, 6) is -0.587. The van der Waals surface area contributed by atoms with Crippen LogP contribution in [0.2, 0.25) is 0 Å². The number of hydrogen-bond donors (Lipinski definition) is 2. The molecule has 0 radical (unpaired) electrons. The van der Waals surface area contributed by atoms with Crippen molar-refractivity contribution in [3.63, 3.8) is 0 Å². The molecule has 2 aliphatic heterocycles. The van der Waals surface area contributed by atoms with Gasteiger partial charge in [-0.1, -0.05) is 36.2 Å². The average molecular weight is 803 g/mol. The number of carbonyl (C=O) groups is 1. The molecule has 1 saturated heterocycles. The fourth-order valence-corrected chi connectivity index (χ4v) is 8.76. The van der Waals surface area contributed by atoms with E-state index in [0.29, 0.717) is 42.9 Å². The molecular weight excluding hydrogens is 745 g/mol. The van der Waals surface area contributed by atoms with Crippen LogP contribution in [-0.2, 0) is 20.9 Å². The number of aliphatic hydroxyl groups excluding tert-OH is 2. The first-order valence-electron chi connectivity index (χ1n) is 20.5. The second-order valence-electron chi connectivity index (χ2n) is 15.5. The molecule has 14 heteroatoms. The number of amides is 1. The smallest absolute Gasteiger partial charge is 0.409 e. The van der Waals surface area contributed by atoms with Crippen LogP contribution in [0.25, 0.3) is 0 Å². The largest absolute Gasteiger partial charge is 0.492 e. The number of hydrogen-bond acceptors (Lipinski definition) is 12. The van der Waals surface area contributed by atoms with Gasteiger partial charge in [0.25, 0.3) is 5.69 Å². The van der Waals surface area contributed by atoms with Crippen molar-refractivity contribution >= 4 is 17.5 Å². The molecule has 14 nitrogen and oxygen atoms in total. The second kappa shape index (κ2) is 20.3. The Balaban J connectivity index is 1.49. The predicted molar refractivity (Wildman–Crippen MR) is 219 cm³/mol. The van der Waals surface area contributed by atoms with E-state index in [1.54, 1.807) is 31.3 Å². The van der Waals surface area contributed by atoms with E-state index in [-0.39, 0.29) is 62.9 Å². The maximum atomic E-state index is 13.9. The van der Waals surface area contributed by atoms with Crippen LogP contribution in [0.4, 0.5) is 10.5 Å². The Morgan fingerprint density at radius 3 is 2.52 bits per heavy atom. The zero-order valence-electron chi connectivity index (χ0n) is 33.5. The van der Waals surface area contributed by atoms with Crippen molar-refractivity contribution in [2.45, 2.75) is 75.7 Å². The number of nitro groups is 1. The van der Waals surface area contributed by atoms with Crippen molar-refractivity contribution in [3.8, 4) is 11.5 Å². The maximum absolute atomic E-state index is 13.9. The molecule has 4 aliphatic rings. The van der Waals surface area contributed by atoms with Crippen LogP contribution in [0.15, 0.2) is 84.6 Å². The zero-order valence-corrected chi connectivity index (χ0v) is 33.5. The lowest BCUT2D eigenvalue weighted by molar-refractivity contribution is -0.384. The number of carbonyl (C=O) groups excluding carboxylic acids is 1. The fourth-order valence-electron chi connectivity index (χ4n) is 8.76. The molecule has 0 bridgehead atoms. The van der Waals surface area contributed by atoms with Gasteiger partial charge in [-0.3, -0.25) is 15.0 Å². The summed E-state index contributed by atoms with van der Waals surface area (Å²) >= 11 is 0. The SMILES string of the molecule is C=CCCOC(=O)N(C)[C@H]1CC(=NOCc2ccc([N+](=O)[O-])cc2)C2=C[C@H](CCCCO)[C@@H](CCCCO)[C@@H]3c4cc(OCCN5CC5)ccc4O[C@@]1(OCC=C)[C@H]23. The number of ether oxygens (including phenoxy) is 4. The van der Waals surface area contributed by atoms with E-state index >= 15 is 0 Å². The van der Waals surface area contributed by atoms with Crippen LogP contribution in [0, 0.1) is 27.9 Å². The Labute approximate surface area is 340 Å². The summed E-state index contributed by atoms with van der Waals surface area (Å²) in [6.07, 6.45) is 10.3. The first-order chi connectivity index (χ1) is 28.2. The zero-order chi connectivity index (χ0) is 41.1. The molecule has 1 amide bonds. The molecule has 6 atom stereocenters. The molecule has 2 aliphatic carbocycles. The van der Waals surface area contributed by atoms with Crippen molar-refractivity contribution in [1.29, 1.82) is 0 Å². The second-order valence-corrected chi connectivity index (χ2v) is 15.5. The Kier molecular flexibility index (Phi) is 15.0. The minimum absolute atomic E-state index is 0.0184. The highest BCUT2D eigenvalue weighted by molar-refractivity contribution is 6.02. The number of unbranched alkanes of at least 4 members (excludes halogenated alkanes) is 2. The normalized spacial score (nSPS) is 25.1. The molecule has 0 spiro atoms. The van der Waals surface area contributed by atoms with Crippen LogP contribution >= 0.6 is 0 Å².